The minimum absolute atomic E-state index is 0. The van der Waals surface area contributed by atoms with E-state index in [-0.39, 0.29) is 30.1 Å². The van der Waals surface area contributed by atoms with E-state index in [0.29, 0.717) is 18.7 Å². The predicted octanol–water partition coefficient (Wildman–Crippen LogP) is 2.57. The summed E-state index contributed by atoms with van der Waals surface area (Å²) >= 11 is 0. The Bertz CT molecular complexity index is 479. The number of carbonyl (C=O) groups excluding carboxylic acids is 1. The van der Waals surface area contributed by atoms with Gasteiger partial charge in [-0.3, -0.25) is 4.79 Å². The maximum Gasteiger partial charge on any atom is 0.573 e. The number of hydrogen-bond donors (Lipinski definition) is 1. The second kappa shape index (κ2) is 7.00. The SMILES string of the molecule is Cl.NC1CCCN(C(=O)c2ccc(OC(F)(F)F)cc2)C1. The summed E-state index contributed by atoms with van der Waals surface area (Å²) in [6.07, 6.45) is -3.02. The summed E-state index contributed by atoms with van der Waals surface area (Å²) in [6, 6.07) is 4.86. The minimum Gasteiger partial charge on any atom is -0.406 e. The molecule has 1 heterocycles. The Balaban J connectivity index is 0.00000220. The van der Waals surface area contributed by atoms with E-state index in [1.54, 1.807) is 4.90 Å². The molecule has 1 saturated heterocycles. The molecule has 1 fully saturated rings. The fourth-order valence-corrected chi connectivity index (χ4v) is 2.18. The van der Waals surface area contributed by atoms with Crippen LogP contribution in [0.15, 0.2) is 24.3 Å². The zero-order valence-corrected chi connectivity index (χ0v) is 11.9. The highest BCUT2D eigenvalue weighted by atomic mass is 35.5. The Morgan fingerprint density at radius 3 is 2.43 bits per heavy atom. The fourth-order valence-electron chi connectivity index (χ4n) is 2.18. The Labute approximate surface area is 126 Å². The molecule has 0 radical (unpaired) electrons. The maximum atomic E-state index is 12.1. The van der Waals surface area contributed by atoms with Gasteiger partial charge in [0.25, 0.3) is 5.91 Å². The second-order valence-corrected chi connectivity index (χ2v) is 4.73. The van der Waals surface area contributed by atoms with Crippen molar-refractivity contribution in [3.05, 3.63) is 29.8 Å². The van der Waals surface area contributed by atoms with E-state index in [4.69, 9.17) is 5.73 Å². The van der Waals surface area contributed by atoms with Crippen molar-refractivity contribution in [1.82, 2.24) is 4.90 Å². The molecule has 2 rings (SSSR count). The van der Waals surface area contributed by atoms with Crippen LogP contribution in [0.5, 0.6) is 5.75 Å². The lowest BCUT2D eigenvalue weighted by Gasteiger charge is -2.30. The van der Waals surface area contributed by atoms with E-state index in [1.165, 1.54) is 12.1 Å². The standard InChI is InChI=1S/C13H15F3N2O2.ClH/c14-13(15,16)20-11-5-3-9(4-6-11)12(19)18-7-1-2-10(17)8-18;/h3-6,10H,1-2,7-8,17H2;1H. The number of halogens is 4. The minimum atomic E-state index is -4.73. The number of ether oxygens (including phenoxy) is 1. The van der Waals surface area contributed by atoms with Crippen LogP contribution in [0.1, 0.15) is 23.2 Å². The number of benzene rings is 1. The smallest absolute Gasteiger partial charge is 0.406 e. The van der Waals surface area contributed by atoms with Gasteiger partial charge < -0.3 is 15.4 Å². The summed E-state index contributed by atoms with van der Waals surface area (Å²) in [5.41, 5.74) is 6.12. The van der Waals surface area contributed by atoms with Crippen molar-refractivity contribution in [2.24, 2.45) is 5.73 Å². The number of alkyl halides is 3. The third kappa shape index (κ3) is 5.09. The molecule has 1 aromatic carbocycles. The Kier molecular flexibility index (Phi) is 5.86. The molecule has 1 atom stereocenters. The zero-order chi connectivity index (χ0) is 14.8. The first-order valence-electron chi connectivity index (χ1n) is 6.26. The van der Waals surface area contributed by atoms with Gasteiger partial charge in [0.15, 0.2) is 0 Å². The number of nitrogens with zero attached hydrogens (tertiary/aromatic N) is 1. The fraction of sp³-hybridized carbons (Fsp3) is 0.462. The second-order valence-electron chi connectivity index (χ2n) is 4.73. The van der Waals surface area contributed by atoms with E-state index in [1.807, 2.05) is 0 Å². The predicted molar refractivity (Wildman–Crippen MR) is 73.5 cm³/mol. The molecule has 2 N–H and O–H groups in total. The van der Waals surface area contributed by atoms with Gasteiger partial charge in [0.1, 0.15) is 5.75 Å². The van der Waals surface area contributed by atoms with Crippen LogP contribution >= 0.6 is 12.4 Å². The first-order chi connectivity index (χ1) is 9.35. The summed E-state index contributed by atoms with van der Waals surface area (Å²) < 4.78 is 39.8. The quantitative estimate of drug-likeness (QED) is 0.909. The highest BCUT2D eigenvalue weighted by molar-refractivity contribution is 5.94. The maximum absolute atomic E-state index is 12.1. The van der Waals surface area contributed by atoms with E-state index in [0.717, 1.165) is 25.0 Å². The summed E-state index contributed by atoms with van der Waals surface area (Å²) in [4.78, 5) is 13.8. The number of carbonyl (C=O) groups is 1. The lowest BCUT2D eigenvalue weighted by atomic mass is 10.1. The van der Waals surface area contributed by atoms with Gasteiger partial charge in [-0.2, -0.15) is 0 Å². The molecule has 21 heavy (non-hydrogen) atoms. The molecule has 1 aliphatic heterocycles. The summed E-state index contributed by atoms with van der Waals surface area (Å²) in [5, 5.41) is 0. The Hall–Kier alpha value is -1.47. The van der Waals surface area contributed by atoms with Crippen molar-refractivity contribution in [3.8, 4) is 5.75 Å². The van der Waals surface area contributed by atoms with Crippen molar-refractivity contribution in [1.29, 1.82) is 0 Å². The third-order valence-corrected chi connectivity index (χ3v) is 3.08. The van der Waals surface area contributed by atoms with Crippen molar-refractivity contribution >= 4 is 18.3 Å². The van der Waals surface area contributed by atoms with Crippen LogP contribution in [0.4, 0.5) is 13.2 Å². The third-order valence-electron chi connectivity index (χ3n) is 3.08. The van der Waals surface area contributed by atoms with Crippen LogP contribution < -0.4 is 10.5 Å². The topological polar surface area (TPSA) is 55.6 Å². The molecule has 1 unspecified atom stereocenters. The van der Waals surface area contributed by atoms with E-state index < -0.39 is 6.36 Å². The van der Waals surface area contributed by atoms with E-state index >= 15 is 0 Å². The first kappa shape index (κ1) is 17.6. The number of likely N-dealkylation sites (tertiary alicyclic amines) is 1. The summed E-state index contributed by atoms with van der Waals surface area (Å²) in [7, 11) is 0. The van der Waals surface area contributed by atoms with Crippen molar-refractivity contribution < 1.29 is 22.7 Å². The van der Waals surface area contributed by atoms with Crippen LogP contribution in [0.2, 0.25) is 0 Å². The highest BCUT2D eigenvalue weighted by Gasteiger charge is 2.31. The number of piperidine rings is 1. The molecular formula is C13H16ClF3N2O2. The van der Waals surface area contributed by atoms with Crippen LogP contribution in [-0.2, 0) is 0 Å². The van der Waals surface area contributed by atoms with Gasteiger partial charge in [0.05, 0.1) is 0 Å². The summed E-state index contributed by atoms with van der Waals surface area (Å²) in [5.74, 6) is -0.567. The van der Waals surface area contributed by atoms with Gasteiger partial charge in [-0.25, -0.2) is 0 Å². The van der Waals surface area contributed by atoms with Gasteiger partial charge >= 0.3 is 6.36 Å². The molecule has 0 aromatic heterocycles. The molecule has 1 aromatic rings. The van der Waals surface area contributed by atoms with Crippen LogP contribution in [0, 0.1) is 0 Å². The molecule has 118 valence electrons. The average molecular weight is 325 g/mol. The first-order valence-corrected chi connectivity index (χ1v) is 6.26. The Morgan fingerprint density at radius 2 is 1.90 bits per heavy atom. The number of nitrogens with two attached hydrogens (primary N) is 1. The lowest BCUT2D eigenvalue weighted by molar-refractivity contribution is -0.274. The number of hydrogen-bond acceptors (Lipinski definition) is 3. The molecule has 1 aliphatic rings. The molecule has 0 aliphatic carbocycles. The van der Waals surface area contributed by atoms with Crippen molar-refractivity contribution in [2.45, 2.75) is 25.2 Å². The van der Waals surface area contributed by atoms with Crippen molar-refractivity contribution in [3.63, 3.8) is 0 Å². The normalized spacial score (nSPS) is 18.9. The van der Waals surface area contributed by atoms with E-state index in [9.17, 15) is 18.0 Å². The van der Waals surface area contributed by atoms with Crippen LogP contribution in [0.25, 0.3) is 0 Å². The Morgan fingerprint density at radius 1 is 1.29 bits per heavy atom. The van der Waals surface area contributed by atoms with Gasteiger partial charge in [-0.05, 0) is 37.1 Å². The van der Waals surface area contributed by atoms with Gasteiger partial charge in [-0.1, -0.05) is 0 Å². The molecule has 0 bridgehead atoms. The lowest BCUT2D eigenvalue weighted by Crippen LogP contribution is -2.45. The van der Waals surface area contributed by atoms with Crippen LogP contribution in [-0.4, -0.2) is 36.3 Å². The highest BCUT2D eigenvalue weighted by Crippen LogP contribution is 2.23. The largest absolute Gasteiger partial charge is 0.573 e. The van der Waals surface area contributed by atoms with E-state index in [2.05, 4.69) is 4.74 Å². The monoisotopic (exact) mass is 324 g/mol. The zero-order valence-electron chi connectivity index (χ0n) is 11.1. The molecular weight excluding hydrogens is 309 g/mol. The number of rotatable bonds is 2. The molecule has 0 saturated carbocycles. The summed E-state index contributed by atoms with van der Waals surface area (Å²) in [6.45, 7) is 1.09. The number of amides is 1. The molecule has 0 spiro atoms. The average Bonchev–Trinajstić information content (AvgIpc) is 2.37. The van der Waals surface area contributed by atoms with Gasteiger partial charge in [0, 0.05) is 24.7 Å². The van der Waals surface area contributed by atoms with Crippen molar-refractivity contribution in [2.75, 3.05) is 13.1 Å². The molecule has 8 heteroatoms. The molecule has 4 nitrogen and oxygen atoms in total. The van der Waals surface area contributed by atoms with Crippen LogP contribution in [0.3, 0.4) is 0 Å². The van der Waals surface area contributed by atoms with Gasteiger partial charge in [-0.15, -0.1) is 25.6 Å². The molecule has 1 amide bonds. The van der Waals surface area contributed by atoms with Gasteiger partial charge in [0.2, 0.25) is 0 Å².